The van der Waals surface area contributed by atoms with Crippen molar-refractivity contribution in [3.63, 3.8) is 0 Å². The van der Waals surface area contributed by atoms with Crippen LogP contribution in [0.5, 0.6) is 11.6 Å². The lowest BCUT2D eigenvalue weighted by Crippen LogP contribution is -1.93. The van der Waals surface area contributed by atoms with Gasteiger partial charge in [-0.2, -0.15) is 0 Å². The Bertz CT molecular complexity index is 795. The zero-order valence-corrected chi connectivity index (χ0v) is 11.5. The molecular formula is C14H7Cl2FN2O. The lowest BCUT2D eigenvalue weighted by Gasteiger charge is -2.09. The molecule has 0 spiro atoms. The summed E-state index contributed by atoms with van der Waals surface area (Å²) in [4.78, 5) is 8.01. The third-order valence-electron chi connectivity index (χ3n) is 2.66. The number of fused-ring (bicyclic) bond motifs is 1. The van der Waals surface area contributed by atoms with E-state index in [0.29, 0.717) is 16.3 Å². The summed E-state index contributed by atoms with van der Waals surface area (Å²) < 4.78 is 19.2. The molecule has 0 fully saturated rings. The number of ether oxygens (including phenoxy) is 1. The fourth-order valence-corrected chi connectivity index (χ4v) is 2.14. The van der Waals surface area contributed by atoms with Crippen LogP contribution >= 0.6 is 23.2 Å². The quantitative estimate of drug-likeness (QED) is 0.677. The second-order valence-corrected chi connectivity index (χ2v) is 4.83. The van der Waals surface area contributed by atoms with Gasteiger partial charge >= 0.3 is 0 Å². The molecule has 2 aromatic heterocycles. The monoisotopic (exact) mass is 308 g/mol. The van der Waals surface area contributed by atoms with Gasteiger partial charge in [0.25, 0.3) is 5.88 Å². The molecular weight excluding hydrogens is 302 g/mol. The largest absolute Gasteiger partial charge is 0.434 e. The number of pyridine rings is 2. The van der Waals surface area contributed by atoms with Crippen LogP contribution in [0.25, 0.3) is 10.9 Å². The zero-order chi connectivity index (χ0) is 14.1. The molecule has 0 aliphatic rings. The van der Waals surface area contributed by atoms with E-state index < -0.39 is 5.82 Å². The van der Waals surface area contributed by atoms with E-state index in [1.807, 2.05) is 6.07 Å². The molecule has 0 bridgehead atoms. The normalized spacial score (nSPS) is 10.8. The van der Waals surface area contributed by atoms with Gasteiger partial charge in [-0.25, -0.2) is 9.37 Å². The second kappa shape index (κ2) is 5.23. The number of halogens is 3. The molecule has 3 aromatic rings. The van der Waals surface area contributed by atoms with E-state index in [9.17, 15) is 4.39 Å². The Hall–Kier alpha value is -1.91. The topological polar surface area (TPSA) is 35.0 Å². The van der Waals surface area contributed by atoms with Gasteiger partial charge in [-0.05, 0) is 30.3 Å². The Balaban J connectivity index is 2.09. The fraction of sp³-hybridized carbons (Fsp3) is 0. The van der Waals surface area contributed by atoms with Crippen molar-refractivity contribution in [2.45, 2.75) is 0 Å². The molecule has 6 heteroatoms. The number of hydrogen-bond acceptors (Lipinski definition) is 3. The highest BCUT2D eigenvalue weighted by atomic mass is 35.5. The smallest absolute Gasteiger partial charge is 0.256 e. The van der Waals surface area contributed by atoms with Crippen molar-refractivity contribution in [2.24, 2.45) is 0 Å². The highest BCUT2D eigenvalue weighted by Gasteiger charge is 2.11. The summed E-state index contributed by atoms with van der Waals surface area (Å²) in [7, 11) is 0. The van der Waals surface area contributed by atoms with E-state index in [0.717, 1.165) is 11.5 Å². The molecule has 0 saturated heterocycles. The first-order chi connectivity index (χ1) is 9.65. The molecule has 0 atom stereocenters. The predicted octanol–water partition coefficient (Wildman–Crippen LogP) is 4.87. The van der Waals surface area contributed by atoms with Crippen LogP contribution in [0.1, 0.15) is 0 Å². The molecule has 0 unspecified atom stereocenters. The van der Waals surface area contributed by atoms with Gasteiger partial charge in [-0.3, -0.25) is 4.98 Å². The van der Waals surface area contributed by atoms with E-state index in [2.05, 4.69) is 9.97 Å². The Morgan fingerprint density at radius 2 is 1.95 bits per heavy atom. The molecule has 3 rings (SSSR count). The maximum Gasteiger partial charge on any atom is 0.256 e. The van der Waals surface area contributed by atoms with E-state index in [-0.39, 0.29) is 10.9 Å². The van der Waals surface area contributed by atoms with E-state index in [1.165, 1.54) is 6.20 Å². The third-order valence-corrected chi connectivity index (χ3v) is 3.20. The van der Waals surface area contributed by atoms with Gasteiger partial charge in [-0.1, -0.05) is 23.2 Å². The molecule has 20 heavy (non-hydrogen) atoms. The van der Waals surface area contributed by atoms with Gasteiger partial charge in [0.15, 0.2) is 11.6 Å². The first-order valence-electron chi connectivity index (χ1n) is 5.67. The molecule has 2 heterocycles. The average Bonchev–Trinajstić information content (AvgIpc) is 2.45. The first kappa shape index (κ1) is 13.1. The maximum absolute atomic E-state index is 13.7. The highest BCUT2D eigenvalue weighted by molar-refractivity contribution is 6.35. The summed E-state index contributed by atoms with van der Waals surface area (Å²) in [5.74, 6) is -0.432. The molecule has 0 aliphatic carbocycles. The Kier molecular flexibility index (Phi) is 3.42. The molecule has 0 radical (unpaired) electrons. The molecule has 0 saturated carbocycles. The highest BCUT2D eigenvalue weighted by Crippen LogP contribution is 2.33. The van der Waals surface area contributed by atoms with Crippen molar-refractivity contribution in [1.82, 2.24) is 9.97 Å². The average molecular weight is 309 g/mol. The predicted molar refractivity (Wildman–Crippen MR) is 76.0 cm³/mol. The molecule has 3 nitrogen and oxygen atoms in total. The van der Waals surface area contributed by atoms with Gasteiger partial charge in [0.1, 0.15) is 5.52 Å². The standard InChI is InChI=1S/C14H7Cl2FN2O/c15-8-6-11(17)14(19-7-8)20-12-4-3-10(16)9-2-1-5-18-13(9)12/h1-7H. The van der Waals surface area contributed by atoms with Crippen LogP contribution < -0.4 is 4.74 Å². The van der Waals surface area contributed by atoms with Gasteiger partial charge in [0.05, 0.1) is 10.0 Å². The SMILES string of the molecule is Fc1cc(Cl)cnc1Oc1ccc(Cl)c2cccnc12. The summed E-state index contributed by atoms with van der Waals surface area (Å²) in [6.07, 6.45) is 2.92. The third kappa shape index (κ3) is 2.40. The molecule has 0 N–H and O–H groups in total. The van der Waals surface area contributed by atoms with Crippen LogP contribution in [0.4, 0.5) is 4.39 Å². The second-order valence-electron chi connectivity index (χ2n) is 3.99. The van der Waals surface area contributed by atoms with E-state index in [4.69, 9.17) is 27.9 Å². The summed E-state index contributed by atoms with van der Waals surface area (Å²) in [5.41, 5.74) is 0.538. The van der Waals surface area contributed by atoms with Crippen molar-refractivity contribution >= 4 is 34.1 Å². The van der Waals surface area contributed by atoms with Crippen molar-refractivity contribution in [2.75, 3.05) is 0 Å². The summed E-state index contributed by atoms with van der Waals surface area (Å²) in [6, 6.07) is 7.99. The number of rotatable bonds is 2. The number of benzene rings is 1. The number of aromatic nitrogens is 2. The Morgan fingerprint density at radius 3 is 2.75 bits per heavy atom. The van der Waals surface area contributed by atoms with Crippen molar-refractivity contribution in [1.29, 1.82) is 0 Å². The molecule has 0 aliphatic heterocycles. The van der Waals surface area contributed by atoms with E-state index in [1.54, 1.807) is 24.4 Å². The van der Waals surface area contributed by atoms with Crippen LogP contribution in [0, 0.1) is 5.82 Å². The summed E-state index contributed by atoms with van der Waals surface area (Å²) in [5, 5.41) is 1.47. The fourth-order valence-electron chi connectivity index (χ4n) is 1.78. The van der Waals surface area contributed by atoms with Crippen molar-refractivity contribution < 1.29 is 9.13 Å². The maximum atomic E-state index is 13.7. The van der Waals surface area contributed by atoms with Crippen molar-refractivity contribution in [3.8, 4) is 11.6 Å². The van der Waals surface area contributed by atoms with Gasteiger partial charge < -0.3 is 4.74 Å². The molecule has 1 aromatic carbocycles. The summed E-state index contributed by atoms with van der Waals surface area (Å²) >= 11 is 11.7. The Labute approximate surface area is 123 Å². The minimum Gasteiger partial charge on any atom is -0.434 e. The van der Waals surface area contributed by atoms with Gasteiger partial charge in [0.2, 0.25) is 0 Å². The van der Waals surface area contributed by atoms with E-state index >= 15 is 0 Å². The lowest BCUT2D eigenvalue weighted by atomic mass is 10.2. The molecule has 100 valence electrons. The van der Waals surface area contributed by atoms with Crippen LogP contribution in [0.2, 0.25) is 10.0 Å². The lowest BCUT2D eigenvalue weighted by molar-refractivity contribution is 0.426. The first-order valence-corrected chi connectivity index (χ1v) is 6.43. The minimum atomic E-state index is -0.642. The van der Waals surface area contributed by atoms with Crippen molar-refractivity contribution in [3.05, 3.63) is 58.6 Å². The molecule has 0 amide bonds. The Morgan fingerprint density at radius 1 is 1.10 bits per heavy atom. The number of hydrogen-bond donors (Lipinski definition) is 0. The van der Waals surface area contributed by atoms with Gasteiger partial charge in [0, 0.05) is 17.8 Å². The van der Waals surface area contributed by atoms with Crippen LogP contribution in [-0.2, 0) is 0 Å². The van der Waals surface area contributed by atoms with Crippen LogP contribution in [0.3, 0.4) is 0 Å². The van der Waals surface area contributed by atoms with Crippen LogP contribution in [0.15, 0.2) is 42.7 Å². The minimum absolute atomic E-state index is 0.163. The van der Waals surface area contributed by atoms with Crippen LogP contribution in [-0.4, -0.2) is 9.97 Å². The van der Waals surface area contributed by atoms with Gasteiger partial charge in [-0.15, -0.1) is 0 Å². The number of nitrogens with zero attached hydrogens (tertiary/aromatic N) is 2. The zero-order valence-electron chi connectivity index (χ0n) is 9.98. The summed E-state index contributed by atoms with van der Waals surface area (Å²) in [6.45, 7) is 0.